The largest absolute Gasteiger partial charge is 0.357 e. The molecule has 6 heteroatoms. The van der Waals surface area contributed by atoms with E-state index in [9.17, 15) is 0 Å². The first-order chi connectivity index (χ1) is 13.2. The summed E-state index contributed by atoms with van der Waals surface area (Å²) in [5.74, 6) is 0.870. The number of hydrogen-bond donors (Lipinski definition) is 2. The zero-order chi connectivity index (χ0) is 19.5. The molecule has 2 N–H and O–H groups in total. The summed E-state index contributed by atoms with van der Waals surface area (Å²) in [6, 6.07) is 11.0. The lowest BCUT2D eigenvalue weighted by molar-refractivity contribution is 0.224. The van der Waals surface area contributed by atoms with Gasteiger partial charge in [-0.15, -0.1) is 0 Å². The number of benzene rings is 1. The fourth-order valence-corrected chi connectivity index (χ4v) is 3.22. The second-order valence-electron chi connectivity index (χ2n) is 6.57. The average Bonchev–Trinajstić information content (AvgIpc) is 3.10. The van der Waals surface area contributed by atoms with E-state index in [1.165, 1.54) is 11.1 Å². The van der Waals surface area contributed by atoms with Crippen LogP contribution in [0.1, 0.15) is 37.9 Å². The molecule has 1 aromatic heterocycles. The maximum absolute atomic E-state index is 4.88. The summed E-state index contributed by atoms with van der Waals surface area (Å²) in [6.45, 7) is 10.9. The van der Waals surface area contributed by atoms with Gasteiger partial charge in [-0.3, -0.25) is 14.6 Å². The van der Waals surface area contributed by atoms with E-state index in [4.69, 9.17) is 4.99 Å². The van der Waals surface area contributed by atoms with E-state index in [2.05, 4.69) is 77.9 Å². The van der Waals surface area contributed by atoms with Crippen molar-refractivity contribution in [1.82, 2.24) is 25.3 Å². The van der Waals surface area contributed by atoms with Crippen molar-refractivity contribution in [2.45, 2.75) is 33.2 Å². The van der Waals surface area contributed by atoms with E-state index in [0.29, 0.717) is 0 Å². The molecule has 2 rings (SSSR count). The van der Waals surface area contributed by atoms with Crippen molar-refractivity contribution in [2.75, 3.05) is 32.7 Å². The first-order valence-electron chi connectivity index (χ1n) is 9.96. The predicted octanol–water partition coefficient (Wildman–Crippen LogP) is 2.60. The van der Waals surface area contributed by atoms with Gasteiger partial charge in [0.15, 0.2) is 5.96 Å². The van der Waals surface area contributed by atoms with Crippen molar-refractivity contribution >= 4 is 5.96 Å². The fourth-order valence-electron chi connectivity index (χ4n) is 3.22. The Balaban J connectivity index is 2.02. The zero-order valence-corrected chi connectivity index (χ0v) is 17.2. The van der Waals surface area contributed by atoms with Crippen LogP contribution in [0, 0.1) is 0 Å². The number of rotatable bonds is 10. The molecule has 0 saturated carbocycles. The summed E-state index contributed by atoms with van der Waals surface area (Å²) < 4.78 is 1.84. The van der Waals surface area contributed by atoms with Gasteiger partial charge in [-0.05, 0) is 37.6 Å². The van der Waals surface area contributed by atoms with Crippen molar-refractivity contribution in [1.29, 1.82) is 0 Å². The van der Waals surface area contributed by atoms with Crippen molar-refractivity contribution in [3.63, 3.8) is 0 Å². The average molecular weight is 371 g/mol. The van der Waals surface area contributed by atoms with Crippen LogP contribution < -0.4 is 10.6 Å². The highest BCUT2D eigenvalue weighted by Gasteiger charge is 2.17. The Kier molecular flexibility index (Phi) is 8.84. The molecule has 6 nitrogen and oxygen atoms in total. The highest BCUT2D eigenvalue weighted by molar-refractivity contribution is 5.79. The lowest BCUT2D eigenvalue weighted by Gasteiger charge is -2.29. The molecule has 0 spiro atoms. The smallest absolute Gasteiger partial charge is 0.191 e. The third-order valence-electron chi connectivity index (χ3n) is 4.67. The third kappa shape index (κ3) is 6.71. The number of likely N-dealkylation sites (N-methyl/N-ethyl adjacent to an activating group) is 1. The van der Waals surface area contributed by atoms with E-state index < -0.39 is 0 Å². The Bertz CT molecular complexity index is 675. The van der Waals surface area contributed by atoms with Gasteiger partial charge < -0.3 is 10.6 Å². The summed E-state index contributed by atoms with van der Waals surface area (Å²) in [7, 11) is 1.94. The van der Waals surface area contributed by atoms with Crippen LogP contribution in [0.5, 0.6) is 0 Å². The van der Waals surface area contributed by atoms with Crippen LogP contribution in [-0.2, 0) is 13.5 Å². The topological polar surface area (TPSA) is 57.5 Å². The second-order valence-corrected chi connectivity index (χ2v) is 6.57. The minimum Gasteiger partial charge on any atom is -0.357 e. The molecular formula is C21H34N6. The van der Waals surface area contributed by atoms with Gasteiger partial charge in [-0.1, -0.05) is 44.2 Å². The standard InChI is InChI=1S/C21H34N6/c1-5-22-21(23-14-13-18-15-25-26(4)17-18)24-16-20(27(6-2)7-3)19-11-9-8-10-12-19/h8-12,15,17,20H,5-7,13-14,16H2,1-4H3,(H2,22,23,24). The molecule has 0 bridgehead atoms. The molecule has 2 aromatic rings. The molecule has 1 heterocycles. The summed E-state index contributed by atoms with van der Waals surface area (Å²) >= 11 is 0. The Morgan fingerprint density at radius 3 is 2.48 bits per heavy atom. The molecule has 0 aliphatic carbocycles. The van der Waals surface area contributed by atoms with Gasteiger partial charge in [0.25, 0.3) is 0 Å². The molecule has 148 valence electrons. The van der Waals surface area contributed by atoms with Crippen molar-refractivity contribution < 1.29 is 0 Å². The lowest BCUT2D eigenvalue weighted by Crippen LogP contribution is -2.39. The normalized spacial score (nSPS) is 13.0. The number of nitrogens with zero attached hydrogens (tertiary/aromatic N) is 4. The van der Waals surface area contributed by atoms with Crippen molar-refractivity contribution in [3.05, 3.63) is 53.9 Å². The van der Waals surface area contributed by atoms with Crippen LogP contribution in [0.4, 0.5) is 0 Å². The molecule has 0 saturated heterocycles. The Morgan fingerprint density at radius 2 is 1.89 bits per heavy atom. The summed E-state index contributed by atoms with van der Waals surface area (Å²) in [6.07, 6.45) is 4.89. The molecule has 0 radical (unpaired) electrons. The third-order valence-corrected chi connectivity index (χ3v) is 4.67. The van der Waals surface area contributed by atoms with Gasteiger partial charge in [0.2, 0.25) is 0 Å². The molecule has 1 atom stereocenters. The van der Waals surface area contributed by atoms with Gasteiger partial charge in [0, 0.05) is 26.3 Å². The van der Waals surface area contributed by atoms with E-state index in [1.807, 2.05) is 17.9 Å². The molecule has 0 aliphatic rings. The minimum atomic E-state index is 0.287. The second kappa shape index (κ2) is 11.4. The van der Waals surface area contributed by atoms with Crippen LogP contribution >= 0.6 is 0 Å². The monoisotopic (exact) mass is 370 g/mol. The van der Waals surface area contributed by atoms with Crippen LogP contribution in [-0.4, -0.2) is 53.4 Å². The Labute approximate surface area is 163 Å². The molecule has 0 amide bonds. The highest BCUT2D eigenvalue weighted by atomic mass is 15.2. The number of hydrogen-bond acceptors (Lipinski definition) is 3. The molecule has 0 aliphatic heterocycles. The fraction of sp³-hybridized carbons (Fsp3) is 0.524. The Morgan fingerprint density at radius 1 is 1.15 bits per heavy atom. The summed E-state index contributed by atoms with van der Waals surface area (Å²) in [5.41, 5.74) is 2.54. The summed E-state index contributed by atoms with van der Waals surface area (Å²) in [5, 5.41) is 11.0. The number of nitrogens with one attached hydrogen (secondary N) is 2. The quantitative estimate of drug-likeness (QED) is 0.499. The van der Waals surface area contributed by atoms with Crippen LogP contribution in [0.15, 0.2) is 47.7 Å². The number of aliphatic imine (C=N–C) groups is 1. The number of guanidine groups is 1. The zero-order valence-electron chi connectivity index (χ0n) is 17.2. The maximum Gasteiger partial charge on any atom is 0.191 e. The first-order valence-corrected chi connectivity index (χ1v) is 9.96. The van der Waals surface area contributed by atoms with Gasteiger partial charge in [0.1, 0.15) is 0 Å². The van der Waals surface area contributed by atoms with E-state index in [0.717, 1.165) is 45.1 Å². The van der Waals surface area contributed by atoms with Crippen LogP contribution in [0.3, 0.4) is 0 Å². The number of aryl methyl sites for hydroxylation is 1. The molecular weight excluding hydrogens is 336 g/mol. The van der Waals surface area contributed by atoms with Crippen molar-refractivity contribution in [2.24, 2.45) is 12.0 Å². The molecule has 0 fully saturated rings. The van der Waals surface area contributed by atoms with Gasteiger partial charge in [0.05, 0.1) is 18.8 Å². The SMILES string of the molecule is CCNC(=NCC(c1ccccc1)N(CC)CC)NCCc1cnn(C)c1. The lowest BCUT2D eigenvalue weighted by atomic mass is 10.1. The van der Waals surface area contributed by atoms with Gasteiger partial charge in [-0.2, -0.15) is 5.10 Å². The van der Waals surface area contributed by atoms with E-state index in [1.54, 1.807) is 0 Å². The van der Waals surface area contributed by atoms with Crippen molar-refractivity contribution in [3.8, 4) is 0 Å². The highest BCUT2D eigenvalue weighted by Crippen LogP contribution is 2.20. The van der Waals surface area contributed by atoms with Crippen LogP contribution in [0.25, 0.3) is 0 Å². The summed E-state index contributed by atoms with van der Waals surface area (Å²) in [4.78, 5) is 7.33. The molecule has 1 aromatic carbocycles. The van der Waals surface area contributed by atoms with Gasteiger partial charge in [-0.25, -0.2) is 0 Å². The van der Waals surface area contributed by atoms with Crippen LogP contribution in [0.2, 0.25) is 0 Å². The van der Waals surface area contributed by atoms with E-state index >= 15 is 0 Å². The minimum absolute atomic E-state index is 0.287. The first kappa shape index (κ1) is 21.0. The maximum atomic E-state index is 4.88. The molecule has 1 unspecified atom stereocenters. The predicted molar refractivity (Wildman–Crippen MR) is 113 cm³/mol. The van der Waals surface area contributed by atoms with Gasteiger partial charge >= 0.3 is 0 Å². The number of aromatic nitrogens is 2. The Hall–Kier alpha value is -2.34. The van der Waals surface area contributed by atoms with E-state index in [-0.39, 0.29) is 6.04 Å². The molecule has 27 heavy (non-hydrogen) atoms.